The second kappa shape index (κ2) is 6.76. The molecule has 0 spiro atoms. The van der Waals surface area contributed by atoms with Gasteiger partial charge in [-0.15, -0.1) is 12.4 Å². The van der Waals surface area contributed by atoms with Gasteiger partial charge in [-0.05, 0) is 44.1 Å². The van der Waals surface area contributed by atoms with Crippen molar-refractivity contribution in [1.82, 2.24) is 10.2 Å². The van der Waals surface area contributed by atoms with Gasteiger partial charge in [0.25, 0.3) is 0 Å². The summed E-state index contributed by atoms with van der Waals surface area (Å²) in [5, 5.41) is 3.46. The molecule has 2 aliphatic rings. The van der Waals surface area contributed by atoms with Crippen LogP contribution < -0.4 is 5.32 Å². The number of carbonyl (C=O) groups is 1. The van der Waals surface area contributed by atoms with Gasteiger partial charge < -0.3 is 10.2 Å². The molecule has 0 bridgehead atoms. The Morgan fingerprint density at radius 1 is 1.33 bits per heavy atom. The number of carbonyl (C=O) groups excluding carboxylic acids is 1. The highest BCUT2D eigenvalue weighted by molar-refractivity contribution is 5.85. The molecule has 0 aromatic heterocycles. The first-order valence-corrected chi connectivity index (χ1v) is 7.08. The number of nitrogens with one attached hydrogen (secondary N) is 1. The van der Waals surface area contributed by atoms with E-state index in [1.54, 1.807) is 0 Å². The minimum absolute atomic E-state index is 0. The highest BCUT2D eigenvalue weighted by Crippen LogP contribution is 2.30. The Hall–Kier alpha value is -0.280. The van der Waals surface area contributed by atoms with E-state index in [0.29, 0.717) is 17.4 Å². The van der Waals surface area contributed by atoms with Gasteiger partial charge in [0, 0.05) is 25.6 Å². The van der Waals surface area contributed by atoms with Crippen molar-refractivity contribution in [3.05, 3.63) is 0 Å². The molecule has 18 heavy (non-hydrogen) atoms. The molecule has 2 saturated heterocycles. The molecule has 1 N–H and O–H groups in total. The number of rotatable bonds is 3. The third kappa shape index (κ3) is 4.43. The molecule has 3 nitrogen and oxygen atoms in total. The summed E-state index contributed by atoms with van der Waals surface area (Å²) in [7, 11) is 0. The normalized spacial score (nSPS) is 26.8. The maximum Gasteiger partial charge on any atom is 0.222 e. The lowest BCUT2D eigenvalue weighted by atomic mass is 9.82. The van der Waals surface area contributed by atoms with E-state index >= 15 is 0 Å². The highest BCUT2D eigenvalue weighted by Gasteiger charge is 2.28. The lowest BCUT2D eigenvalue weighted by molar-refractivity contribution is -0.133. The zero-order chi connectivity index (χ0) is 12.3. The molecule has 0 radical (unpaired) electrons. The van der Waals surface area contributed by atoms with Crippen LogP contribution in [0.15, 0.2) is 0 Å². The van der Waals surface area contributed by atoms with Crippen LogP contribution in [0.25, 0.3) is 0 Å². The van der Waals surface area contributed by atoms with Gasteiger partial charge in [-0.3, -0.25) is 4.79 Å². The Kier molecular flexibility index (Phi) is 5.93. The van der Waals surface area contributed by atoms with Crippen molar-refractivity contribution in [1.29, 1.82) is 0 Å². The lowest BCUT2D eigenvalue weighted by Crippen LogP contribution is -2.41. The number of hydrogen-bond acceptors (Lipinski definition) is 2. The molecule has 2 heterocycles. The summed E-state index contributed by atoms with van der Waals surface area (Å²) in [4.78, 5) is 14.1. The Balaban J connectivity index is 0.00000162. The fraction of sp³-hybridized carbons (Fsp3) is 0.929. The molecule has 2 aliphatic heterocycles. The Morgan fingerprint density at radius 3 is 2.56 bits per heavy atom. The molecule has 4 heteroatoms. The Labute approximate surface area is 117 Å². The molecular weight excluding hydrogens is 248 g/mol. The van der Waals surface area contributed by atoms with Crippen LogP contribution in [-0.2, 0) is 4.79 Å². The monoisotopic (exact) mass is 274 g/mol. The summed E-state index contributed by atoms with van der Waals surface area (Å²) in [6.07, 6.45) is 6.59. The zero-order valence-electron chi connectivity index (χ0n) is 11.7. The summed E-state index contributed by atoms with van der Waals surface area (Å²) in [6, 6.07) is 0.597. The summed E-state index contributed by atoms with van der Waals surface area (Å²) >= 11 is 0. The van der Waals surface area contributed by atoms with E-state index < -0.39 is 0 Å². The molecule has 1 atom stereocenters. The summed E-state index contributed by atoms with van der Waals surface area (Å²) < 4.78 is 0. The number of amides is 1. The molecule has 1 amide bonds. The number of likely N-dealkylation sites (tertiary alicyclic amines) is 1. The summed E-state index contributed by atoms with van der Waals surface area (Å²) in [5.41, 5.74) is 0.434. The van der Waals surface area contributed by atoms with Crippen molar-refractivity contribution in [2.75, 3.05) is 19.6 Å². The smallest absolute Gasteiger partial charge is 0.222 e. The first kappa shape index (κ1) is 15.8. The largest absolute Gasteiger partial charge is 0.343 e. The molecule has 0 aliphatic carbocycles. The lowest BCUT2D eigenvalue weighted by Gasteiger charge is -2.37. The van der Waals surface area contributed by atoms with Crippen LogP contribution in [0, 0.1) is 5.41 Å². The zero-order valence-corrected chi connectivity index (χ0v) is 12.5. The van der Waals surface area contributed by atoms with Crippen molar-refractivity contribution in [3.8, 4) is 0 Å². The van der Waals surface area contributed by atoms with Crippen molar-refractivity contribution in [3.63, 3.8) is 0 Å². The molecular formula is C14H27ClN2O. The molecule has 2 fully saturated rings. The standard InChI is InChI=1S/C14H26N2O.ClH/c1-14(2)7-10-16(11-8-14)13(17)6-5-12-4-3-9-15-12;/h12,15H,3-11H2,1-2H3;1H. The predicted octanol–water partition coefficient (Wildman–Crippen LogP) is 2.59. The maximum absolute atomic E-state index is 12.1. The molecule has 0 aromatic carbocycles. The van der Waals surface area contributed by atoms with E-state index in [2.05, 4.69) is 24.1 Å². The number of hydrogen-bond donors (Lipinski definition) is 1. The summed E-state index contributed by atoms with van der Waals surface area (Å²) in [5.74, 6) is 0.370. The van der Waals surface area contributed by atoms with E-state index in [1.807, 2.05) is 0 Å². The second-order valence-electron chi connectivity index (χ2n) is 6.38. The van der Waals surface area contributed by atoms with Crippen LogP contribution in [0.4, 0.5) is 0 Å². The molecule has 106 valence electrons. The molecule has 1 unspecified atom stereocenters. The fourth-order valence-corrected chi connectivity index (χ4v) is 2.82. The van der Waals surface area contributed by atoms with Crippen molar-refractivity contribution >= 4 is 18.3 Å². The van der Waals surface area contributed by atoms with Gasteiger partial charge in [0.05, 0.1) is 0 Å². The van der Waals surface area contributed by atoms with Crippen LogP contribution in [0.5, 0.6) is 0 Å². The van der Waals surface area contributed by atoms with Crippen LogP contribution in [0.1, 0.15) is 52.4 Å². The Bertz CT molecular complexity index is 265. The van der Waals surface area contributed by atoms with Gasteiger partial charge in [-0.1, -0.05) is 13.8 Å². The van der Waals surface area contributed by atoms with Gasteiger partial charge in [-0.25, -0.2) is 0 Å². The van der Waals surface area contributed by atoms with Crippen LogP contribution in [0.3, 0.4) is 0 Å². The van der Waals surface area contributed by atoms with Gasteiger partial charge in [0.15, 0.2) is 0 Å². The summed E-state index contributed by atoms with van der Waals surface area (Å²) in [6.45, 7) is 7.67. The average molecular weight is 275 g/mol. The molecule has 0 saturated carbocycles. The van der Waals surface area contributed by atoms with E-state index in [-0.39, 0.29) is 12.4 Å². The van der Waals surface area contributed by atoms with Crippen molar-refractivity contribution in [2.24, 2.45) is 5.41 Å². The van der Waals surface area contributed by atoms with E-state index in [1.165, 1.54) is 12.8 Å². The van der Waals surface area contributed by atoms with E-state index in [0.717, 1.165) is 45.3 Å². The third-order valence-corrected chi connectivity index (χ3v) is 4.34. The van der Waals surface area contributed by atoms with Crippen LogP contribution >= 0.6 is 12.4 Å². The predicted molar refractivity (Wildman–Crippen MR) is 77.1 cm³/mol. The quantitative estimate of drug-likeness (QED) is 0.858. The average Bonchev–Trinajstić information content (AvgIpc) is 2.78. The van der Waals surface area contributed by atoms with Gasteiger partial charge in [0.1, 0.15) is 0 Å². The molecule has 0 aromatic rings. The first-order valence-electron chi connectivity index (χ1n) is 7.08. The number of nitrogens with zero attached hydrogens (tertiary/aromatic N) is 1. The second-order valence-corrected chi connectivity index (χ2v) is 6.38. The number of halogens is 1. The van der Waals surface area contributed by atoms with Crippen molar-refractivity contribution in [2.45, 2.75) is 58.4 Å². The van der Waals surface area contributed by atoms with Gasteiger partial charge >= 0.3 is 0 Å². The van der Waals surface area contributed by atoms with E-state index in [4.69, 9.17) is 0 Å². The van der Waals surface area contributed by atoms with E-state index in [9.17, 15) is 4.79 Å². The van der Waals surface area contributed by atoms with Gasteiger partial charge in [-0.2, -0.15) is 0 Å². The number of piperidine rings is 1. The SMILES string of the molecule is CC1(C)CCN(C(=O)CCC2CCCN2)CC1.Cl. The first-order chi connectivity index (χ1) is 8.07. The van der Waals surface area contributed by atoms with Crippen molar-refractivity contribution < 1.29 is 4.79 Å². The topological polar surface area (TPSA) is 32.3 Å². The van der Waals surface area contributed by atoms with Crippen LogP contribution in [-0.4, -0.2) is 36.5 Å². The minimum Gasteiger partial charge on any atom is -0.343 e. The highest BCUT2D eigenvalue weighted by atomic mass is 35.5. The maximum atomic E-state index is 12.1. The fourth-order valence-electron chi connectivity index (χ4n) is 2.82. The third-order valence-electron chi connectivity index (χ3n) is 4.34. The van der Waals surface area contributed by atoms with Gasteiger partial charge in [0.2, 0.25) is 5.91 Å². The minimum atomic E-state index is 0. The van der Waals surface area contributed by atoms with Crippen LogP contribution in [0.2, 0.25) is 0 Å². The molecule has 2 rings (SSSR count). The Morgan fingerprint density at radius 2 is 2.00 bits per heavy atom.